The number of pyridine rings is 2. The molecule has 0 unspecified atom stereocenters. The van der Waals surface area contributed by atoms with Gasteiger partial charge in [-0.05, 0) is 11.6 Å². The second-order valence-corrected chi connectivity index (χ2v) is 3.04. The van der Waals surface area contributed by atoms with E-state index in [4.69, 9.17) is 5.73 Å². The van der Waals surface area contributed by atoms with Crippen molar-refractivity contribution in [3.8, 4) is 5.75 Å². The summed E-state index contributed by atoms with van der Waals surface area (Å²) in [5.41, 5.74) is 6.88. The average molecular weight is 190 g/mol. The Morgan fingerprint density at radius 1 is 1.36 bits per heavy atom. The lowest BCUT2D eigenvalue weighted by atomic mass is 10.2. The molecule has 0 aliphatic rings. The van der Waals surface area contributed by atoms with Crippen molar-refractivity contribution in [1.82, 2.24) is 4.40 Å². The van der Waals surface area contributed by atoms with Gasteiger partial charge in [0, 0.05) is 24.9 Å². The monoisotopic (exact) mass is 190 g/mol. The van der Waals surface area contributed by atoms with Gasteiger partial charge in [0.15, 0.2) is 0 Å². The van der Waals surface area contributed by atoms with Gasteiger partial charge < -0.3 is 10.8 Å². The first-order valence-corrected chi connectivity index (χ1v) is 4.25. The largest absolute Gasteiger partial charge is 0.508 e. The molecule has 2 rings (SSSR count). The Morgan fingerprint density at radius 2 is 2.14 bits per heavy atom. The zero-order valence-electron chi connectivity index (χ0n) is 7.47. The van der Waals surface area contributed by atoms with Gasteiger partial charge in [-0.15, -0.1) is 0 Å². The van der Waals surface area contributed by atoms with Crippen LogP contribution in [0.5, 0.6) is 5.75 Å². The van der Waals surface area contributed by atoms with Crippen molar-refractivity contribution >= 4 is 5.52 Å². The van der Waals surface area contributed by atoms with Gasteiger partial charge in [0.25, 0.3) is 5.56 Å². The van der Waals surface area contributed by atoms with Gasteiger partial charge >= 0.3 is 0 Å². The SMILES string of the molecule is NCc1ccc(=O)n2ccc(O)cc12. The Bertz CT molecular complexity index is 531. The molecule has 0 bridgehead atoms. The minimum atomic E-state index is -0.128. The van der Waals surface area contributed by atoms with Crippen LogP contribution in [0.25, 0.3) is 5.52 Å². The molecule has 4 heteroatoms. The van der Waals surface area contributed by atoms with Gasteiger partial charge in [0.05, 0.1) is 5.52 Å². The summed E-state index contributed by atoms with van der Waals surface area (Å²) in [4.78, 5) is 11.4. The summed E-state index contributed by atoms with van der Waals surface area (Å²) in [7, 11) is 0. The quantitative estimate of drug-likeness (QED) is 0.686. The molecule has 0 fully saturated rings. The van der Waals surface area contributed by atoms with Crippen LogP contribution < -0.4 is 11.3 Å². The summed E-state index contributed by atoms with van der Waals surface area (Å²) in [6.07, 6.45) is 1.53. The minimum Gasteiger partial charge on any atom is -0.508 e. The Labute approximate surface area is 80.2 Å². The molecular weight excluding hydrogens is 180 g/mol. The lowest BCUT2D eigenvalue weighted by Crippen LogP contribution is -2.14. The normalized spacial score (nSPS) is 10.6. The Morgan fingerprint density at radius 3 is 2.86 bits per heavy atom. The fourth-order valence-electron chi connectivity index (χ4n) is 1.44. The number of rotatable bonds is 1. The zero-order valence-corrected chi connectivity index (χ0v) is 7.47. The molecule has 4 nitrogen and oxygen atoms in total. The summed E-state index contributed by atoms with van der Waals surface area (Å²) in [5.74, 6) is 0.130. The fraction of sp³-hybridized carbons (Fsp3) is 0.100. The van der Waals surface area contributed by atoms with Gasteiger partial charge in [-0.3, -0.25) is 9.20 Å². The Hall–Kier alpha value is -1.81. The van der Waals surface area contributed by atoms with Crippen molar-refractivity contribution in [2.24, 2.45) is 5.73 Å². The van der Waals surface area contributed by atoms with Crippen LogP contribution in [0.4, 0.5) is 0 Å². The van der Waals surface area contributed by atoms with Crippen LogP contribution in [-0.4, -0.2) is 9.51 Å². The number of fused-ring (bicyclic) bond motifs is 1. The molecule has 3 N–H and O–H groups in total. The molecule has 2 heterocycles. The molecule has 2 aromatic rings. The van der Waals surface area contributed by atoms with E-state index in [2.05, 4.69) is 0 Å². The maximum atomic E-state index is 11.4. The zero-order chi connectivity index (χ0) is 10.1. The molecule has 72 valence electrons. The molecule has 0 aromatic carbocycles. The van der Waals surface area contributed by atoms with Crippen molar-refractivity contribution in [3.05, 3.63) is 46.4 Å². The molecule has 0 atom stereocenters. The summed E-state index contributed by atoms with van der Waals surface area (Å²) < 4.78 is 1.46. The van der Waals surface area contributed by atoms with E-state index in [9.17, 15) is 9.90 Å². The topological polar surface area (TPSA) is 67.7 Å². The number of nitrogens with zero attached hydrogens (tertiary/aromatic N) is 1. The highest BCUT2D eigenvalue weighted by Gasteiger charge is 2.01. The lowest BCUT2D eigenvalue weighted by molar-refractivity contribution is 0.475. The van der Waals surface area contributed by atoms with Crippen LogP contribution in [0, 0.1) is 0 Å². The Kier molecular flexibility index (Phi) is 1.98. The second kappa shape index (κ2) is 3.16. The minimum absolute atomic E-state index is 0.128. The van der Waals surface area contributed by atoms with Crippen molar-refractivity contribution in [3.63, 3.8) is 0 Å². The molecule has 0 saturated heterocycles. The van der Waals surface area contributed by atoms with Crippen LogP contribution in [0.2, 0.25) is 0 Å². The van der Waals surface area contributed by atoms with Crippen molar-refractivity contribution < 1.29 is 5.11 Å². The van der Waals surface area contributed by atoms with E-state index in [1.54, 1.807) is 6.07 Å². The summed E-state index contributed by atoms with van der Waals surface area (Å²) in [6.45, 7) is 0.341. The smallest absolute Gasteiger partial charge is 0.255 e. The van der Waals surface area contributed by atoms with Crippen LogP contribution in [-0.2, 0) is 6.54 Å². The highest BCUT2D eigenvalue weighted by Crippen LogP contribution is 2.14. The molecule has 0 aliphatic carbocycles. The summed E-state index contributed by atoms with van der Waals surface area (Å²) in [5, 5.41) is 9.28. The van der Waals surface area contributed by atoms with Crippen LogP contribution in [0.15, 0.2) is 35.3 Å². The van der Waals surface area contributed by atoms with Gasteiger partial charge in [-0.25, -0.2) is 0 Å². The summed E-state index contributed by atoms with van der Waals surface area (Å²) >= 11 is 0. The second-order valence-electron chi connectivity index (χ2n) is 3.04. The average Bonchev–Trinajstić information content (AvgIpc) is 2.18. The van der Waals surface area contributed by atoms with Gasteiger partial charge in [-0.1, -0.05) is 6.07 Å². The van der Waals surface area contributed by atoms with E-state index < -0.39 is 0 Å². The third kappa shape index (κ3) is 1.25. The highest BCUT2D eigenvalue weighted by molar-refractivity contribution is 5.57. The van der Waals surface area contributed by atoms with Crippen molar-refractivity contribution in [1.29, 1.82) is 0 Å². The molecule has 0 aliphatic heterocycles. The summed E-state index contributed by atoms with van der Waals surface area (Å²) in [6, 6.07) is 6.14. The number of hydrogen-bond donors (Lipinski definition) is 2. The van der Waals surface area contributed by atoms with E-state index in [1.807, 2.05) is 0 Å². The molecule has 2 aromatic heterocycles. The first-order chi connectivity index (χ1) is 6.72. The van der Waals surface area contributed by atoms with Crippen LogP contribution >= 0.6 is 0 Å². The maximum Gasteiger partial charge on any atom is 0.255 e. The lowest BCUT2D eigenvalue weighted by Gasteiger charge is -2.05. The third-order valence-corrected chi connectivity index (χ3v) is 2.15. The van der Waals surface area contributed by atoms with Gasteiger partial charge in [0.2, 0.25) is 0 Å². The molecule has 0 amide bonds. The first-order valence-electron chi connectivity index (χ1n) is 4.25. The fourth-order valence-corrected chi connectivity index (χ4v) is 1.44. The van der Waals surface area contributed by atoms with E-state index in [-0.39, 0.29) is 11.3 Å². The molecule has 0 radical (unpaired) electrons. The van der Waals surface area contributed by atoms with E-state index in [1.165, 1.54) is 28.8 Å². The maximum absolute atomic E-state index is 11.4. The predicted octanol–water partition coefficient (Wildman–Crippen LogP) is 0.464. The number of hydrogen-bond acceptors (Lipinski definition) is 3. The Balaban J connectivity index is 2.92. The number of aromatic nitrogens is 1. The highest BCUT2D eigenvalue weighted by atomic mass is 16.3. The molecule has 0 spiro atoms. The molecule has 0 saturated carbocycles. The molecule has 14 heavy (non-hydrogen) atoms. The standard InChI is InChI=1S/C10H10N2O2/c11-6-7-1-2-10(14)12-4-3-8(13)5-9(7)12/h1-5,13H,6,11H2. The van der Waals surface area contributed by atoms with Gasteiger partial charge in [0.1, 0.15) is 5.75 Å². The number of aromatic hydroxyl groups is 1. The first kappa shape index (κ1) is 8.77. The van der Waals surface area contributed by atoms with Crippen molar-refractivity contribution in [2.45, 2.75) is 6.54 Å². The van der Waals surface area contributed by atoms with E-state index in [0.29, 0.717) is 12.1 Å². The van der Waals surface area contributed by atoms with Crippen molar-refractivity contribution in [2.75, 3.05) is 0 Å². The number of nitrogens with two attached hydrogens (primary N) is 1. The third-order valence-electron chi connectivity index (χ3n) is 2.15. The predicted molar refractivity (Wildman–Crippen MR) is 53.2 cm³/mol. The van der Waals surface area contributed by atoms with E-state index >= 15 is 0 Å². The molecular formula is C10H10N2O2. The van der Waals surface area contributed by atoms with E-state index in [0.717, 1.165) is 5.56 Å². The van der Waals surface area contributed by atoms with Gasteiger partial charge in [-0.2, -0.15) is 0 Å². The van der Waals surface area contributed by atoms with Crippen LogP contribution in [0.3, 0.4) is 0 Å². The van der Waals surface area contributed by atoms with Crippen LogP contribution in [0.1, 0.15) is 5.56 Å².